The summed E-state index contributed by atoms with van der Waals surface area (Å²) < 4.78 is 14.1. The van der Waals surface area contributed by atoms with Crippen molar-refractivity contribution in [2.75, 3.05) is 27.8 Å². The molecule has 2 rings (SSSR count). The Balaban J connectivity index is 2.68. The van der Waals surface area contributed by atoms with Crippen molar-refractivity contribution in [1.82, 2.24) is 14.8 Å². The highest BCUT2D eigenvalue weighted by Crippen LogP contribution is 2.42. The second-order valence-corrected chi connectivity index (χ2v) is 16.5. The number of hydrogen-bond donors (Lipinski definition) is 1. The zero-order chi connectivity index (χ0) is 26.9. The van der Waals surface area contributed by atoms with Crippen LogP contribution in [0.15, 0.2) is 4.79 Å². The average Bonchev–Trinajstić information content (AvgIpc) is 3.10. The van der Waals surface area contributed by atoms with Gasteiger partial charge in [-0.25, -0.2) is 0 Å². The number of fused-ring (bicyclic) bond motifs is 1. The Hall–Kier alpha value is -1.73. The molecular weight excluding hydrogens is 581 g/mol. The first-order valence-corrected chi connectivity index (χ1v) is 15.8. The molecule has 0 fully saturated rings. The minimum absolute atomic E-state index is 0.00488. The summed E-state index contributed by atoms with van der Waals surface area (Å²) in [6.45, 7) is 13.0. The normalized spacial score (nSPS) is 17.7. The van der Waals surface area contributed by atoms with Crippen molar-refractivity contribution in [3.8, 4) is 5.75 Å². The van der Waals surface area contributed by atoms with Gasteiger partial charge < -0.3 is 23.9 Å². The number of carbonyl (C=O) groups is 3. The Morgan fingerprint density at radius 2 is 1.83 bits per heavy atom. The number of nitrogens with zero attached hydrogens (tertiary/aromatic N) is 2. The molecule has 0 aliphatic carbocycles. The van der Waals surface area contributed by atoms with Gasteiger partial charge in [0.05, 0.1) is 35.1 Å². The lowest BCUT2D eigenvalue weighted by atomic mass is 10.1. The largest absolute Gasteiger partial charge is 0.491 e. The van der Waals surface area contributed by atoms with Crippen molar-refractivity contribution in [3.05, 3.63) is 25.2 Å². The molecule has 1 aliphatic rings. The number of amides is 2. The smallest absolute Gasteiger partial charge is 0.311 e. The molecule has 1 unspecified atom stereocenters. The molecule has 196 valence electrons. The van der Waals surface area contributed by atoms with Crippen LogP contribution in [0.3, 0.4) is 0 Å². The predicted molar refractivity (Wildman–Crippen MR) is 146 cm³/mol. The standard InChI is InChI=1S/C24H38IN3O6Si/c1-10-11-16(29)19-21(33-7)20(30)17(25)18-15(26-22(31)23(32)27(5)6)12-14(28(18)19)13-34-35(8,9)24(2,3)4/h14-15H,10-13H2,1-9H3,(H,26,31)/t14-,15?/m0/s1. The predicted octanol–water partition coefficient (Wildman–Crippen LogP) is 3.66. The summed E-state index contributed by atoms with van der Waals surface area (Å²) in [5.41, 5.74) is 0.317. The zero-order valence-corrected chi connectivity index (χ0v) is 25.4. The number of ether oxygens (including phenoxy) is 1. The van der Waals surface area contributed by atoms with E-state index in [1.807, 2.05) is 34.1 Å². The van der Waals surface area contributed by atoms with E-state index in [1.165, 1.54) is 26.1 Å². The molecule has 0 radical (unpaired) electrons. The monoisotopic (exact) mass is 619 g/mol. The van der Waals surface area contributed by atoms with E-state index in [2.05, 4.69) is 39.2 Å². The summed E-state index contributed by atoms with van der Waals surface area (Å²) in [4.78, 5) is 52.6. The lowest BCUT2D eigenvalue weighted by molar-refractivity contribution is -0.144. The van der Waals surface area contributed by atoms with Crippen LogP contribution < -0.4 is 15.5 Å². The van der Waals surface area contributed by atoms with Crippen molar-refractivity contribution in [3.63, 3.8) is 0 Å². The van der Waals surface area contributed by atoms with Crippen LogP contribution in [-0.2, 0) is 14.0 Å². The van der Waals surface area contributed by atoms with Gasteiger partial charge in [0.15, 0.2) is 19.9 Å². The van der Waals surface area contributed by atoms with E-state index in [4.69, 9.17) is 9.16 Å². The number of nitrogens with one attached hydrogen (secondary N) is 1. The highest BCUT2D eigenvalue weighted by Gasteiger charge is 2.43. The van der Waals surface area contributed by atoms with Crippen LogP contribution in [0.1, 0.15) is 75.2 Å². The van der Waals surface area contributed by atoms with E-state index in [1.54, 1.807) is 0 Å². The number of Topliss-reactive ketones (excluding diaryl/α,β-unsaturated/α-hetero) is 1. The number of pyridine rings is 1. The fourth-order valence-electron chi connectivity index (χ4n) is 3.86. The lowest BCUT2D eigenvalue weighted by Gasteiger charge is -2.37. The molecule has 1 aromatic rings. The lowest BCUT2D eigenvalue weighted by Crippen LogP contribution is -2.42. The number of aromatic nitrogens is 1. The molecule has 2 amide bonds. The third-order valence-electron chi connectivity index (χ3n) is 6.84. The van der Waals surface area contributed by atoms with Gasteiger partial charge in [0, 0.05) is 20.5 Å². The van der Waals surface area contributed by atoms with Gasteiger partial charge in [-0.05, 0) is 53.6 Å². The maximum Gasteiger partial charge on any atom is 0.311 e. The number of likely N-dealkylation sites (N-methyl/N-ethyl adjacent to an activating group) is 1. The molecule has 1 aromatic heterocycles. The van der Waals surface area contributed by atoms with Crippen LogP contribution in [0.5, 0.6) is 5.75 Å². The van der Waals surface area contributed by atoms with Crippen molar-refractivity contribution >= 4 is 48.5 Å². The summed E-state index contributed by atoms with van der Waals surface area (Å²) in [6, 6.07) is -0.948. The first kappa shape index (κ1) is 29.5. The van der Waals surface area contributed by atoms with Gasteiger partial charge in [0.25, 0.3) is 0 Å². The van der Waals surface area contributed by atoms with Crippen LogP contribution in [-0.4, -0.2) is 63.2 Å². The maximum atomic E-state index is 13.3. The first-order valence-electron chi connectivity index (χ1n) is 11.8. The Kier molecular flexibility index (Phi) is 9.37. The molecule has 1 aliphatic heterocycles. The van der Waals surface area contributed by atoms with Gasteiger partial charge in [0.2, 0.25) is 5.43 Å². The van der Waals surface area contributed by atoms with Crippen molar-refractivity contribution < 1.29 is 23.5 Å². The minimum atomic E-state index is -2.13. The number of carbonyl (C=O) groups excluding carboxylic acids is 3. The van der Waals surface area contributed by atoms with Crippen LogP contribution in [0.25, 0.3) is 0 Å². The van der Waals surface area contributed by atoms with Crippen LogP contribution in [0.4, 0.5) is 0 Å². The minimum Gasteiger partial charge on any atom is -0.491 e. The van der Waals surface area contributed by atoms with E-state index in [0.29, 0.717) is 28.7 Å². The first-order chi connectivity index (χ1) is 16.1. The molecule has 0 spiro atoms. The zero-order valence-electron chi connectivity index (χ0n) is 22.2. The SMILES string of the molecule is CCCC(=O)c1c(OC)c(=O)c(I)c2n1[C@H](CO[Si](C)(C)C(C)(C)C)CC2NC(=O)C(=O)N(C)C. The van der Waals surface area contributed by atoms with Crippen LogP contribution in [0.2, 0.25) is 18.1 Å². The van der Waals surface area contributed by atoms with Gasteiger partial charge in [-0.2, -0.15) is 0 Å². The molecule has 35 heavy (non-hydrogen) atoms. The number of rotatable bonds is 8. The van der Waals surface area contributed by atoms with Crippen molar-refractivity contribution in [2.45, 2.75) is 77.2 Å². The van der Waals surface area contributed by atoms with Gasteiger partial charge in [0.1, 0.15) is 5.69 Å². The van der Waals surface area contributed by atoms with Gasteiger partial charge >= 0.3 is 11.8 Å². The fourth-order valence-corrected chi connectivity index (χ4v) is 5.78. The molecule has 0 saturated carbocycles. The Labute approximate surface area is 222 Å². The summed E-state index contributed by atoms with van der Waals surface area (Å²) in [5, 5.41) is 2.77. The molecule has 9 nitrogen and oxygen atoms in total. The molecular formula is C24H38IN3O6Si. The molecule has 2 atom stereocenters. The second kappa shape index (κ2) is 11.1. The molecule has 0 saturated heterocycles. The van der Waals surface area contributed by atoms with Gasteiger partial charge in [-0.3, -0.25) is 19.2 Å². The van der Waals surface area contributed by atoms with Gasteiger partial charge in [-0.15, -0.1) is 0 Å². The van der Waals surface area contributed by atoms with Gasteiger partial charge in [-0.1, -0.05) is 27.7 Å². The topological polar surface area (TPSA) is 107 Å². The summed E-state index contributed by atoms with van der Waals surface area (Å²) in [6.07, 6.45) is 1.25. The number of ketones is 1. The molecule has 11 heteroatoms. The molecule has 1 N–H and O–H groups in total. The second-order valence-electron chi connectivity index (χ2n) is 10.6. The van der Waals surface area contributed by atoms with Crippen molar-refractivity contribution in [1.29, 1.82) is 0 Å². The number of halogens is 1. The highest BCUT2D eigenvalue weighted by molar-refractivity contribution is 14.1. The third-order valence-corrected chi connectivity index (χ3v) is 12.4. The third kappa shape index (κ3) is 5.99. The quantitative estimate of drug-likeness (QED) is 0.206. The molecule has 2 heterocycles. The van der Waals surface area contributed by atoms with E-state index >= 15 is 0 Å². The number of methoxy groups -OCH3 is 1. The van der Waals surface area contributed by atoms with E-state index in [9.17, 15) is 19.2 Å². The average molecular weight is 620 g/mol. The van der Waals surface area contributed by atoms with E-state index < -0.39 is 31.6 Å². The summed E-state index contributed by atoms with van der Waals surface area (Å²) in [5.74, 6) is -1.65. The summed E-state index contributed by atoms with van der Waals surface area (Å²) in [7, 11) is 2.26. The Morgan fingerprint density at radius 3 is 2.31 bits per heavy atom. The van der Waals surface area contributed by atoms with Crippen LogP contribution in [0, 0.1) is 3.57 Å². The molecule has 0 bridgehead atoms. The highest BCUT2D eigenvalue weighted by atomic mass is 127. The number of hydrogen-bond acceptors (Lipinski definition) is 6. The van der Waals surface area contributed by atoms with Crippen LogP contribution >= 0.6 is 22.6 Å². The van der Waals surface area contributed by atoms with Crippen molar-refractivity contribution in [2.24, 2.45) is 0 Å². The van der Waals surface area contributed by atoms with E-state index in [0.717, 1.165) is 0 Å². The molecule has 0 aromatic carbocycles. The Bertz CT molecular complexity index is 1060. The Morgan fingerprint density at radius 1 is 1.23 bits per heavy atom. The van der Waals surface area contributed by atoms with E-state index in [-0.39, 0.29) is 34.7 Å². The summed E-state index contributed by atoms with van der Waals surface area (Å²) >= 11 is 1.94. The fraction of sp³-hybridized carbons (Fsp3) is 0.667. The maximum absolute atomic E-state index is 13.3.